The van der Waals surface area contributed by atoms with Gasteiger partial charge in [0.25, 0.3) is 0 Å². The van der Waals surface area contributed by atoms with Crippen LogP contribution in [0.4, 0.5) is 8.78 Å². The number of hydrogen-bond donors (Lipinski definition) is 1. The first-order valence-electron chi connectivity index (χ1n) is 6.77. The van der Waals surface area contributed by atoms with Gasteiger partial charge in [0.1, 0.15) is 11.6 Å². The van der Waals surface area contributed by atoms with Crippen molar-refractivity contribution in [3.63, 3.8) is 0 Å². The highest BCUT2D eigenvalue weighted by Gasteiger charge is 2.18. The van der Waals surface area contributed by atoms with Crippen molar-refractivity contribution in [2.24, 2.45) is 0 Å². The molecule has 3 heteroatoms. The van der Waals surface area contributed by atoms with Gasteiger partial charge < -0.3 is 5.32 Å². The zero-order valence-electron chi connectivity index (χ0n) is 11.1. The van der Waals surface area contributed by atoms with Gasteiger partial charge in [0.15, 0.2) is 0 Å². The molecule has 0 aromatic heterocycles. The molecule has 1 fully saturated rings. The average Bonchev–Trinajstić information content (AvgIpc) is 2.32. The van der Waals surface area contributed by atoms with Crippen molar-refractivity contribution in [1.82, 2.24) is 5.32 Å². The maximum atomic E-state index is 13.7. The standard InChI is InChI=1S/C15H21F2N/c1-10-8-15(17)12(9-14(10)16)6-7-13-5-3-4-11(2)18-13/h8-9,11,13,18H,3-7H2,1-2H3. The van der Waals surface area contributed by atoms with E-state index in [1.807, 2.05) is 0 Å². The molecular formula is C15H21F2N. The third-order valence-corrected chi connectivity index (χ3v) is 3.80. The third-order valence-electron chi connectivity index (χ3n) is 3.80. The molecule has 1 saturated heterocycles. The molecule has 0 aliphatic carbocycles. The maximum absolute atomic E-state index is 13.7. The monoisotopic (exact) mass is 253 g/mol. The predicted octanol–water partition coefficient (Wildman–Crippen LogP) is 3.74. The Labute approximate surface area is 108 Å². The van der Waals surface area contributed by atoms with E-state index in [9.17, 15) is 8.78 Å². The lowest BCUT2D eigenvalue weighted by atomic mass is 9.94. The summed E-state index contributed by atoms with van der Waals surface area (Å²) in [7, 11) is 0. The molecule has 0 bridgehead atoms. The molecule has 2 unspecified atom stereocenters. The molecule has 1 aliphatic heterocycles. The fourth-order valence-corrected chi connectivity index (χ4v) is 2.68. The summed E-state index contributed by atoms with van der Waals surface area (Å²) in [6.07, 6.45) is 5.06. The fourth-order valence-electron chi connectivity index (χ4n) is 2.68. The Balaban J connectivity index is 1.95. The van der Waals surface area contributed by atoms with E-state index >= 15 is 0 Å². The highest BCUT2D eigenvalue weighted by molar-refractivity contribution is 5.25. The van der Waals surface area contributed by atoms with E-state index in [0.29, 0.717) is 29.6 Å². The van der Waals surface area contributed by atoms with E-state index in [0.717, 1.165) is 12.8 Å². The van der Waals surface area contributed by atoms with Crippen molar-refractivity contribution in [2.75, 3.05) is 0 Å². The van der Waals surface area contributed by atoms with Gasteiger partial charge in [0.2, 0.25) is 0 Å². The second-order valence-corrected chi connectivity index (χ2v) is 5.43. The van der Waals surface area contributed by atoms with Gasteiger partial charge in [-0.25, -0.2) is 8.78 Å². The first-order valence-corrected chi connectivity index (χ1v) is 6.77. The van der Waals surface area contributed by atoms with Crippen molar-refractivity contribution in [2.45, 2.75) is 58.0 Å². The van der Waals surface area contributed by atoms with Gasteiger partial charge in [-0.1, -0.05) is 6.42 Å². The number of benzene rings is 1. The lowest BCUT2D eigenvalue weighted by molar-refractivity contribution is 0.321. The molecular weight excluding hydrogens is 232 g/mol. The van der Waals surface area contributed by atoms with Crippen molar-refractivity contribution < 1.29 is 8.78 Å². The highest BCUT2D eigenvalue weighted by atomic mass is 19.1. The number of halogens is 2. The highest BCUT2D eigenvalue weighted by Crippen LogP contribution is 2.20. The molecule has 1 heterocycles. The van der Waals surface area contributed by atoms with Crippen LogP contribution in [0.2, 0.25) is 0 Å². The van der Waals surface area contributed by atoms with Crippen LogP contribution in [0.15, 0.2) is 12.1 Å². The van der Waals surface area contributed by atoms with E-state index in [4.69, 9.17) is 0 Å². The number of piperidine rings is 1. The van der Waals surface area contributed by atoms with E-state index in [1.165, 1.54) is 25.0 Å². The minimum absolute atomic E-state index is 0.280. The lowest BCUT2D eigenvalue weighted by Gasteiger charge is -2.28. The van der Waals surface area contributed by atoms with Gasteiger partial charge in [0.05, 0.1) is 0 Å². The second kappa shape index (κ2) is 5.79. The SMILES string of the molecule is Cc1cc(F)c(CCC2CCCC(C)N2)cc1F. The number of hydrogen-bond acceptors (Lipinski definition) is 1. The van der Waals surface area contributed by atoms with E-state index in [-0.39, 0.29) is 11.6 Å². The second-order valence-electron chi connectivity index (χ2n) is 5.43. The Morgan fingerprint density at radius 1 is 1.22 bits per heavy atom. The molecule has 0 saturated carbocycles. The molecule has 1 aromatic carbocycles. The van der Waals surface area contributed by atoms with Crippen molar-refractivity contribution in [3.05, 3.63) is 34.9 Å². The largest absolute Gasteiger partial charge is 0.311 e. The Morgan fingerprint density at radius 3 is 2.72 bits per heavy atom. The topological polar surface area (TPSA) is 12.0 Å². The third kappa shape index (κ3) is 3.29. The van der Waals surface area contributed by atoms with Gasteiger partial charge in [-0.2, -0.15) is 0 Å². The van der Waals surface area contributed by atoms with Crippen LogP contribution in [-0.2, 0) is 6.42 Å². The summed E-state index contributed by atoms with van der Waals surface area (Å²) in [6.45, 7) is 3.77. The van der Waals surface area contributed by atoms with Gasteiger partial charge in [-0.15, -0.1) is 0 Å². The quantitative estimate of drug-likeness (QED) is 0.865. The molecule has 2 rings (SSSR count). The van der Waals surface area contributed by atoms with Gasteiger partial charge >= 0.3 is 0 Å². The van der Waals surface area contributed by atoms with Crippen LogP contribution in [-0.4, -0.2) is 12.1 Å². The van der Waals surface area contributed by atoms with Crippen molar-refractivity contribution in [1.29, 1.82) is 0 Å². The molecule has 1 aromatic rings. The molecule has 2 atom stereocenters. The number of nitrogens with one attached hydrogen (secondary N) is 1. The van der Waals surface area contributed by atoms with Crippen molar-refractivity contribution in [3.8, 4) is 0 Å². The van der Waals surface area contributed by atoms with Crippen LogP contribution in [0.5, 0.6) is 0 Å². The minimum atomic E-state index is -0.309. The van der Waals surface area contributed by atoms with Crippen LogP contribution in [0, 0.1) is 18.6 Å². The van der Waals surface area contributed by atoms with Crippen LogP contribution in [0.25, 0.3) is 0 Å². The molecule has 0 radical (unpaired) electrons. The number of rotatable bonds is 3. The normalized spacial score (nSPS) is 24.2. The molecule has 18 heavy (non-hydrogen) atoms. The summed E-state index contributed by atoms with van der Waals surface area (Å²) in [5, 5.41) is 3.52. The van der Waals surface area contributed by atoms with Crippen LogP contribution < -0.4 is 5.32 Å². The van der Waals surface area contributed by atoms with Crippen LogP contribution in [0.1, 0.15) is 43.7 Å². The lowest BCUT2D eigenvalue weighted by Crippen LogP contribution is -2.40. The van der Waals surface area contributed by atoms with Gasteiger partial charge in [0, 0.05) is 12.1 Å². The van der Waals surface area contributed by atoms with E-state index < -0.39 is 0 Å². The summed E-state index contributed by atoms with van der Waals surface area (Å²) < 4.78 is 27.1. The first kappa shape index (κ1) is 13.5. The molecule has 1 aliphatic rings. The summed E-state index contributed by atoms with van der Waals surface area (Å²) in [6, 6.07) is 3.62. The Morgan fingerprint density at radius 2 is 2.00 bits per heavy atom. The molecule has 0 amide bonds. The fraction of sp³-hybridized carbons (Fsp3) is 0.600. The predicted molar refractivity (Wildman–Crippen MR) is 69.7 cm³/mol. The van der Waals surface area contributed by atoms with Gasteiger partial charge in [-0.3, -0.25) is 0 Å². The first-order chi connectivity index (χ1) is 8.56. The minimum Gasteiger partial charge on any atom is -0.311 e. The maximum Gasteiger partial charge on any atom is 0.126 e. The average molecular weight is 253 g/mol. The van der Waals surface area contributed by atoms with E-state index in [1.54, 1.807) is 6.92 Å². The Kier molecular flexibility index (Phi) is 4.33. The molecule has 0 spiro atoms. The van der Waals surface area contributed by atoms with Crippen LogP contribution in [0.3, 0.4) is 0 Å². The van der Waals surface area contributed by atoms with Crippen molar-refractivity contribution >= 4 is 0 Å². The van der Waals surface area contributed by atoms with Crippen LogP contribution >= 0.6 is 0 Å². The smallest absolute Gasteiger partial charge is 0.126 e. The summed E-state index contributed by atoms with van der Waals surface area (Å²) >= 11 is 0. The summed E-state index contributed by atoms with van der Waals surface area (Å²) in [4.78, 5) is 0. The zero-order chi connectivity index (χ0) is 13.1. The summed E-state index contributed by atoms with van der Waals surface area (Å²) in [5.74, 6) is -0.589. The molecule has 100 valence electrons. The number of aryl methyl sites for hydroxylation is 2. The Hall–Kier alpha value is -0.960. The molecule has 1 nitrogen and oxygen atoms in total. The Bertz CT molecular complexity index is 417. The molecule has 1 N–H and O–H groups in total. The van der Waals surface area contributed by atoms with E-state index in [2.05, 4.69) is 12.2 Å². The van der Waals surface area contributed by atoms with Gasteiger partial charge in [-0.05, 0) is 62.8 Å². The zero-order valence-corrected chi connectivity index (χ0v) is 11.1. The summed E-state index contributed by atoms with van der Waals surface area (Å²) in [5.41, 5.74) is 0.874.